The predicted molar refractivity (Wildman–Crippen MR) is 119 cm³/mol. The summed E-state index contributed by atoms with van der Waals surface area (Å²) >= 11 is 0. The van der Waals surface area contributed by atoms with Crippen LogP contribution >= 0.6 is 0 Å². The highest BCUT2D eigenvalue weighted by Crippen LogP contribution is 2.38. The fraction of sp³-hybridized carbons (Fsp3) is 0.783. The highest BCUT2D eigenvalue weighted by atomic mass is 16.6. The van der Waals surface area contributed by atoms with E-state index in [-0.39, 0.29) is 18.1 Å². The summed E-state index contributed by atoms with van der Waals surface area (Å²) in [4.78, 5) is 27.0. The van der Waals surface area contributed by atoms with E-state index in [0.29, 0.717) is 39.0 Å². The predicted octanol–water partition coefficient (Wildman–Crippen LogP) is 4.92. The van der Waals surface area contributed by atoms with Gasteiger partial charge < -0.3 is 14.4 Å². The average Bonchev–Trinajstić information content (AvgIpc) is 3.03. The number of aromatic nitrogens is 2. The molecule has 1 saturated heterocycles. The smallest absolute Gasteiger partial charge is 0.410 e. The van der Waals surface area contributed by atoms with E-state index in [1.54, 1.807) is 4.90 Å². The van der Waals surface area contributed by atoms with Gasteiger partial charge in [0, 0.05) is 25.3 Å². The van der Waals surface area contributed by atoms with Crippen molar-refractivity contribution in [3.63, 3.8) is 0 Å². The SMILES string of the molecule is CC.CCOC(=O)C1(Cc2cn(C(C)C)nc2C)CCN(C(=O)OC(C)(C)C)CC1. The van der Waals surface area contributed by atoms with Crippen LogP contribution in [0, 0.1) is 12.3 Å². The summed E-state index contributed by atoms with van der Waals surface area (Å²) < 4.78 is 12.8. The number of ether oxygens (including phenoxy) is 2. The quantitative estimate of drug-likeness (QED) is 0.628. The largest absolute Gasteiger partial charge is 0.466 e. The van der Waals surface area contributed by atoms with Crippen LogP contribution in [0.5, 0.6) is 0 Å². The van der Waals surface area contributed by atoms with Crippen molar-refractivity contribution in [1.29, 1.82) is 0 Å². The van der Waals surface area contributed by atoms with E-state index in [2.05, 4.69) is 18.9 Å². The molecule has 172 valence electrons. The maximum Gasteiger partial charge on any atom is 0.410 e. The van der Waals surface area contributed by atoms with E-state index in [9.17, 15) is 9.59 Å². The fourth-order valence-corrected chi connectivity index (χ4v) is 3.50. The topological polar surface area (TPSA) is 73.7 Å². The van der Waals surface area contributed by atoms with Crippen LogP contribution in [-0.2, 0) is 20.7 Å². The van der Waals surface area contributed by atoms with Crippen LogP contribution in [-0.4, -0.2) is 52.0 Å². The van der Waals surface area contributed by atoms with Crippen molar-refractivity contribution in [1.82, 2.24) is 14.7 Å². The monoisotopic (exact) mass is 423 g/mol. The molecule has 0 atom stereocenters. The number of hydrogen-bond donors (Lipinski definition) is 0. The Kier molecular flexibility index (Phi) is 9.37. The summed E-state index contributed by atoms with van der Waals surface area (Å²) in [6, 6.07) is 0.264. The first-order valence-electron chi connectivity index (χ1n) is 11.2. The second kappa shape index (κ2) is 10.8. The van der Waals surface area contributed by atoms with Crippen molar-refractivity contribution >= 4 is 12.1 Å². The van der Waals surface area contributed by atoms with Gasteiger partial charge in [0.25, 0.3) is 0 Å². The molecule has 1 aliphatic heterocycles. The summed E-state index contributed by atoms with van der Waals surface area (Å²) in [5, 5.41) is 4.58. The lowest BCUT2D eigenvalue weighted by Gasteiger charge is -2.40. The lowest BCUT2D eigenvalue weighted by atomic mass is 9.74. The number of amides is 1. The van der Waals surface area contributed by atoms with E-state index in [0.717, 1.165) is 11.3 Å². The molecule has 30 heavy (non-hydrogen) atoms. The number of aryl methyl sites for hydroxylation is 1. The third kappa shape index (κ3) is 6.74. The van der Waals surface area contributed by atoms with Gasteiger partial charge in [-0.3, -0.25) is 9.48 Å². The van der Waals surface area contributed by atoms with Crippen molar-refractivity contribution < 1.29 is 19.1 Å². The molecule has 0 N–H and O–H groups in total. The molecule has 2 rings (SSSR count). The number of likely N-dealkylation sites (tertiary alicyclic amines) is 1. The van der Waals surface area contributed by atoms with Crippen molar-refractivity contribution in [3.8, 4) is 0 Å². The fourth-order valence-electron chi connectivity index (χ4n) is 3.50. The molecule has 0 unspecified atom stereocenters. The maximum absolute atomic E-state index is 12.9. The lowest BCUT2D eigenvalue weighted by molar-refractivity contribution is -0.158. The average molecular weight is 424 g/mol. The highest BCUT2D eigenvalue weighted by Gasteiger charge is 2.44. The van der Waals surface area contributed by atoms with E-state index in [1.165, 1.54) is 0 Å². The molecule has 1 amide bonds. The van der Waals surface area contributed by atoms with E-state index in [1.807, 2.05) is 59.3 Å². The van der Waals surface area contributed by atoms with E-state index >= 15 is 0 Å². The number of esters is 1. The Labute approximate surface area is 182 Å². The van der Waals surface area contributed by atoms with Crippen LogP contribution in [0.4, 0.5) is 4.79 Å². The molecule has 1 aromatic heterocycles. The molecule has 7 nitrogen and oxygen atoms in total. The third-order valence-corrected chi connectivity index (χ3v) is 5.16. The summed E-state index contributed by atoms with van der Waals surface area (Å²) in [5.41, 5.74) is 0.832. The minimum atomic E-state index is -0.635. The molecule has 0 radical (unpaired) electrons. The second-order valence-corrected chi connectivity index (χ2v) is 8.96. The number of piperidine rings is 1. The van der Waals surface area contributed by atoms with Crippen molar-refractivity contribution in [3.05, 3.63) is 17.5 Å². The Morgan fingerprint density at radius 3 is 2.20 bits per heavy atom. The number of hydrogen-bond acceptors (Lipinski definition) is 5. The number of carbonyl (C=O) groups excluding carboxylic acids is 2. The Morgan fingerprint density at radius 1 is 1.20 bits per heavy atom. The molecule has 1 aliphatic rings. The maximum atomic E-state index is 12.9. The molecule has 0 aliphatic carbocycles. The molecule has 0 saturated carbocycles. The minimum absolute atomic E-state index is 0.185. The summed E-state index contributed by atoms with van der Waals surface area (Å²) in [6.07, 6.45) is 3.39. The van der Waals surface area contributed by atoms with Crippen molar-refractivity contribution in [2.75, 3.05) is 19.7 Å². The van der Waals surface area contributed by atoms with Crippen LogP contribution < -0.4 is 0 Å². The Bertz CT molecular complexity index is 696. The van der Waals surface area contributed by atoms with Gasteiger partial charge in [0.2, 0.25) is 0 Å². The van der Waals surface area contributed by atoms with Gasteiger partial charge in [0.05, 0.1) is 17.7 Å². The van der Waals surface area contributed by atoms with Crippen LogP contribution in [0.25, 0.3) is 0 Å². The van der Waals surface area contributed by atoms with Gasteiger partial charge >= 0.3 is 12.1 Å². The normalized spacial score (nSPS) is 16.0. The number of carbonyl (C=O) groups is 2. The summed E-state index contributed by atoms with van der Waals surface area (Å²) in [5.74, 6) is -0.185. The molecule has 2 heterocycles. The van der Waals surface area contributed by atoms with Crippen LogP contribution in [0.1, 0.15) is 85.5 Å². The molecular weight excluding hydrogens is 382 g/mol. The van der Waals surface area contributed by atoms with Gasteiger partial charge in [-0.15, -0.1) is 0 Å². The highest BCUT2D eigenvalue weighted by molar-refractivity contribution is 5.78. The standard InChI is InChI=1S/C21H35N3O4.C2H6/c1-8-27-18(25)21(13-17-14-24(15(2)3)22-16(17)4)9-11-23(12-10-21)19(26)28-20(5,6)7;1-2/h14-15H,8-13H2,1-7H3;1-2H3. The molecule has 0 aromatic carbocycles. The van der Waals surface area contributed by atoms with Gasteiger partial charge in [0.1, 0.15) is 5.60 Å². The zero-order valence-corrected chi connectivity index (χ0v) is 20.4. The van der Waals surface area contributed by atoms with Gasteiger partial charge in [-0.05, 0) is 73.3 Å². The van der Waals surface area contributed by atoms with Crippen molar-refractivity contribution in [2.24, 2.45) is 5.41 Å². The van der Waals surface area contributed by atoms with E-state index in [4.69, 9.17) is 9.47 Å². The van der Waals surface area contributed by atoms with Gasteiger partial charge in [-0.2, -0.15) is 5.10 Å². The molecule has 1 fully saturated rings. The number of rotatable bonds is 5. The van der Waals surface area contributed by atoms with Crippen LogP contribution in [0.3, 0.4) is 0 Å². The van der Waals surface area contributed by atoms with E-state index < -0.39 is 11.0 Å². The van der Waals surface area contributed by atoms with Crippen LogP contribution in [0.15, 0.2) is 6.20 Å². The summed E-state index contributed by atoms with van der Waals surface area (Å²) in [6.45, 7) is 18.8. The Morgan fingerprint density at radius 2 is 1.77 bits per heavy atom. The minimum Gasteiger partial charge on any atom is -0.466 e. The van der Waals surface area contributed by atoms with Gasteiger partial charge in [-0.1, -0.05) is 13.8 Å². The van der Waals surface area contributed by atoms with Gasteiger partial charge in [-0.25, -0.2) is 4.79 Å². The second-order valence-electron chi connectivity index (χ2n) is 8.96. The third-order valence-electron chi connectivity index (χ3n) is 5.16. The molecule has 0 bridgehead atoms. The molecule has 7 heteroatoms. The Balaban J connectivity index is 0.00000218. The molecule has 0 spiro atoms. The first-order chi connectivity index (χ1) is 14.0. The summed E-state index contributed by atoms with van der Waals surface area (Å²) in [7, 11) is 0. The Hall–Kier alpha value is -2.05. The zero-order chi connectivity index (χ0) is 23.1. The molecular formula is C23H41N3O4. The first-order valence-corrected chi connectivity index (χ1v) is 11.2. The van der Waals surface area contributed by atoms with Gasteiger partial charge in [0.15, 0.2) is 0 Å². The lowest BCUT2D eigenvalue weighted by Crippen LogP contribution is -2.49. The van der Waals surface area contributed by atoms with Crippen LogP contribution in [0.2, 0.25) is 0 Å². The van der Waals surface area contributed by atoms with Crippen molar-refractivity contribution in [2.45, 2.75) is 93.2 Å². The molecule has 1 aromatic rings. The zero-order valence-electron chi connectivity index (χ0n) is 20.4. The first kappa shape index (κ1) is 26.0. The number of nitrogens with zero attached hydrogens (tertiary/aromatic N) is 3.